The van der Waals surface area contributed by atoms with Crippen LogP contribution in [-0.2, 0) is 26.1 Å². The molecule has 5 nitrogen and oxygen atoms in total. The molecule has 1 atom stereocenters. The van der Waals surface area contributed by atoms with E-state index in [9.17, 15) is 8.76 Å². The average molecular weight is 226 g/mol. The average Bonchev–Trinajstić information content (AvgIpc) is 2.71. The number of aromatic nitrogens is 1. The van der Waals surface area contributed by atoms with Crippen molar-refractivity contribution < 1.29 is 18.1 Å². The van der Waals surface area contributed by atoms with Gasteiger partial charge in [-0.3, -0.25) is 9.19 Å². The lowest BCUT2D eigenvalue weighted by atomic mass is 9.81. The fraction of sp³-hybridized carbons (Fsp3) is 0.375. The summed E-state index contributed by atoms with van der Waals surface area (Å²) in [6, 6.07) is 3.43. The van der Waals surface area contributed by atoms with Crippen molar-refractivity contribution in [1.29, 1.82) is 0 Å². The van der Waals surface area contributed by atoms with Gasteiger partial charge in [-0.1, -0.05) is 6.07 Å². The summed E-state index contributed by atoms with van der Waals surface area (Å²) in [5, 5.41) is 0. The summed E-state index contributed by atoms with van der Waals surface area (Å²) in [4.78, 5) is 4.01. The molecule has 0 amide bonds. The molecule has 2 rings (SSSR count). The van der Waals surface area contributed by atoms with E-state index in [2.05, 4.69) is 4.98 Å². The van der Waals surface area contributed by atoms with E-state index in [0.29, 0.717) is 18.9 Å². The van der Waals surface area contributed by atoms with Crippen LogP contribution in [0.3, 0.4) is 0 Å². The Morgan fingerprint density at radius 1 is 1.47 bits per heavy atom. The largest absolute Gasteiger partial charge is 0.772 e. The summed E-state index contributed by atoms with van der Waals surface area (Å²) in [5.74, 6) is -0.0628. The van der Waals surface area contributed by atoms with Gasteiger partial charge in [0, 0.05) is 11.7 Å². The third-order valence-electron chi connectivity index (χ3n) is 2.01. The van der Waals surface area contributed by atoms with Crippen LogP contribution < -0.4 is 5.46 Å². The van der Waals surface area contributed by atoms with Crippen molar-refractivity contribution in [2.45, 2.75) is 5.75 Å². The molecule has 1 aliphatic rings. The number of rotatable bonds is 3. The van der Waals surface area contributed by atoms with Gasteiger partial charge in [0.05, 0.1) is 24.7 Å². The highest BCUT2D eigenvalue weighted by molar-refractivity contribution is 7.78. The molecular formula is C8H9BNO4S-. The van der Waals surface area contributed by atoms with Crippen molar-refractivity contribution in [2.24, 2.45) is 0 Å². The zero-order valence-electron chi connectivity index (χ0n) is 7.92. The normalized spacial score (nSPS) is 18.1. The molecular weight excluding hydrogens is 217 g/mol. The lowest BCUT2D eigenvalue weighted by molar-refractivity contribution is 0.365. The second-order valence-corrected chi connectivity index (χ2v) is 4.00. The highest BCUT2D eigenvalue weighted by atomic mass is 32.2. The van der Waals surface area contributed by atoms with Gasteiger partial charge in [0.25, 0.3) is 0 Å². The number of hydrogen-bond donors (Lipinski definition) is 0. The van der Waals surface area contributed by atoms with Gasteiger partial charge in [-0.15, -0.1) is 0 Å². The van der Waals surface area contributed by atoms with E-state index in [-0.39, 0.29) is 12.9 Å². The van der Waals surface area contributed by atoms with Crippen molar-refractivity contribution in [3.8, 4) is 0 Å². The Morgan fingerprint density at radius 3 is 2.73 bits per heavy atom. The van der Waals surface area contributed by atoms with Crippen molar-refractivity contribution in [3.63, 3.8) is 0 Å². The van der Waals surface area contributed by atoms with Crippen LogP contribution in [0.2, 0.25) is 0 Å². The van der Waals surface area contributed by atoms with Crippen LogP contribution >= 0.6 is 0 Å². The minimum Gasteiger partial charge on any atom is -0.772 e. The van der Waals surface area contributed by atoms with Gasteiger partial charge in [-0.05, 0) is 17.1 Å². The zero-order valence-corrected chi connectivity index (χ0v) is 8.74. The van der Waals surface area contributed by atoms with Crippen LogP contribution in [0.4, 0.5) is 0 Å². The van der Waals surface area contributed by atoms with E-state index in [1.807, 2.05) is 0 Å². The standard InChI is InChI=1S/C8H10BNO4S/c11-15(12)6-8-2-1-7(5-10-8)9-13-3-4-14-9/h1-2,5H,3-4,6H2,(H,11,12)/p-1. The quantitative estimate of drug-likeness (QED) is 0.498. The van der Waals surface area contributed by atoms with Gasteiger partial charge in [-0.2, -0.15) is 0 Å². The molecule has 1 saturated heterocycles. The van der Waals surface area contributed by atoms with Crippen molar-refractivity contribution in [1.82, 2.24) is 4.98 Å². The Bertz CT molecular complexity index is 352. The maximum atomic E-state index is 10.4. The van der Waals surface area contributed by atoms with Gasteiger partial charge in [0.15, 0.2) is 0 Å². The topological polar surface area (TPSA) is 71.5 Å². The third-order valence-corrected chi connectivity index (χ3v) is 2.54. The highest BCUT2D eigenvalue weighted by Crippen LogP contribution is 2.01. The molecule has 1 fully saturated rings. The number of hydrogen-bond acceptors (Lipinski definition) is 5. The van der Waals surface area contributed by atoms with Crippen molar-refractivity contribution in [3.05, 3.63) is 24.0 Å². The van der Waals surface area contributed by atoms with Gasteiger partial charge in [0.1, 0.15) is 0 Å². The van der Waals surface area contributed by atoms with E-state index < -0.39 is 11.1 Å². The van der Waals surface area contributed by atoms with Gasteiger partial charge in [-0.25, -0.2) is 0 Å². The maximum absolute atomic E-state index is 10.4. The van der Waals surface area contributed by atoms with E-state index >= 15 is 0 Å². The number of pyridine rings is 1. The van der Waals surface area contributed by atoms with Crippen LogP contribution in [-0.4, -0.2) is 34.1 Å². The van der Waals surface area contributed by atoms with E-state index in [1.165, 1.54) is 0 Å². The van der Waals surface area contributed by atoms with E-state index in [4.69, 9.17) is 9.31 Å². The summed E-state index contributed by atoms with van der Waals surface area (Å²) in [6.07, 6.45) is 1.58. The third kappa shape index (κ3) is 2.85. The Balaban J connectivity index is 2.06. The molecule has 0 aliphatic carbocycles. The summed E-state index contributed by atoms with van der Waals surface area (Å²) in [7, 11) is -0.357. The lowest BCUT2D eigenvalue weighted by Gasteiger charge is -2.06. The SMILES string of the molecule is O=S([O-])Cc1ccc(B2OCCO2)cn1. The predicted molar refractivity (Wildman–Crippen MR) is 54.2 cm³/mol. The summed E-state index contributed by atoms with van der Waals surface area (Å²) in [6.45, 7) is 1.16. The van der Waals surface area contributed by atoms with Crippen molar-refractivity contribution >= 4 is 23.7 Å². The van der Waals surface area contributed by atoms with Crippen molar-refractivity contribution in [2.75, 3.05) is 13.2 Å². The Kier molecular flexibility index (Phi) is 3.47. The molecule has 1 aliphatic heterocycles. The van der Waals surface area contributed by atoms with Crippen LogP contribution in [0.15, 0.2) is 18.3 Å². The molecule has 2 heterocycles. The molecule has 0 saturated carbocycles. The first-order valence-electron chi connectivity index (χ1n) is 4.49. The molecule has 0 aromatic carbocycles. The maximum Gasteiger partial charge on any atom is 0.495 e. The smallest absolute Gasteiger partial charge is 0.495 e. The zero-order chi connectivity index (χ0) is 10.7. The van der Waals surface area contributed by atoms with Gasteiger partial charge in [0.2, 0.25) is 0 Å². The Hall–Kier alpha value is -0.755. The molecule has 1 aromatic rings. The molecule has 15 heavy (non-hydrogen) atoms. The molecule has 0 N–H and O–H groups in total. The predicted octanol–water partition coefficient (Wildman–Crippen LogP) is -0.797. The first-order valence-corrected chi connectivity index (χ1v) is 5.74. The minimum absolute atomic E-state index is 0.0628. The Morgan fingerprint density at radius 2 is 2.20 bits per heavy atom. The molecule has 80 valence electrons. The minimum atomic E-state index is -2.10. The first kappa shape index (κ1) is 10.8. The van der Waals surface area contributed by atoms with Crippen LogP contribution in [0.1, 0.15) is 5.69 Å². The van der Waals surface area contributed by atoms with E-state index in [0.717, 1.165) is 5.46 Å². The summed E-state index contributed by atoms with van der Waals surface area (Å²) >= 11 is -2.10. The fourth-order valence-corrected chi connectivity index (χ4v) is 1.74. The summed E-state index contributed by atoms with van der Waals surface area (Å²) in [5.41, 5.74) is 1.33. The van der Waals surface area contributed by atoms with Crippen LogP contribution in [0.5, 0.6) is 0 Å². The first-order chi connectivity index (χ1) is 7.25. The molecule has 7 heteroatoms. The summed E-state index contributed by atoms with van der Waals surface area (Å²) < 4.78 is 31.4. The Labute approximate surface area is 90.2 Å². The van der Waals surface area contributed by atoms with Crippen LogP contribution in [0, 0.1) is 0 Å². The monoisotopic (exact) mass is 226 g/mol. The molecule has 1 aromatic heterocycles. The highest BCUT2D eigenvalue weighted by Gasteiger charge is 2.26. The number of nitrogens with zero attached hydrogens (tertiary/aromatic N) is 1. The molecule has 0 bridgehead atoms. The van der Waals surface area contributed by atoms with Gasteiger partial charge < -0.3 is 13.9 Å². The molecule has 0 radical (unpaired) electrons. The lowest BCUT2D eigenvalue weighted by Crippen LogP contribution is -2.32. The fourth-order valence-electron chi connectivity index (χ4n) is 1.33. The molecule has 0 spiro atoms. The second kappa shape index (κ2) is 4.85. The van der Waals surface area contributed by atoms with E-state index in [1.54, 1.807) is 18.3 Å². The molecule has 1 unspecified atom stereocenters. The van der Waals surface area contributed by atoms with Gasteiger partial charge >= 0.3 is 7.12 Å². The second-order valence-electron chi connectivity index (χ2n) is 3.10. The van der Waals surface area contributed by atoms with Crippen LogP contribution in [0.25, 0.3) is 0 Å².